The van der Waals surface area contributed by atoms with Crippen LogP contribution in [-0.2, 0) is 33.5 Å². The van der Waals surface area contributed by atoms with Crippen LogP contribution in [0.2, 0.25) is 0 Å². The molecule has 8 nitrogen and oxygen atoms in total. The first-order valence-electron chi connectivity index (χ1n) is 14.2. The molecule has 2 aromatic rings. The van der Waals surface area contributed by atoms with Crippen molar-refractivity contribution in [2.45, 2.75) is 77.0 Å². The summed E-state index contributed by atoms with van der Waals surface area (Å²) in [6.07, 6.45) is 7.40. The molecule has 0 amide bonds. The second-order valence-electron chi connectivity index (χ2n) is 10.6. The lowest BCUT2D eigenvalue weighted by molar-refractivity contribution is -0.150. The fourth-order valence-electron chi connectivity index (χ4n) is 5.47. The van der Waals surface area contributed by atoms with Crippen LogP contribution >= 0.6 is 0 Å². The summed E-state index contributed by atoms with van der Waals surface area (Å²) in [5.41, 5.74) is 5.34. The van der Waals surface area contributed by atoms with E-state index >= 15 is 0 Å². The predicted molar refractivity (Wildman–Crippen MR) is 151 cm³/mol. The lowest BCUT2D eigenvalue weighted by Crippen LogP contribution is -2.55. The number of nitrogens with zero attached hydrogens (tertiary/aromatic N) is 2. The number of nitrogens with one attached hydrogen (secondary N) is 2. The summed E-state index contributed by atoms with van der Waals surface area (Å²) >= 11 is 0. The van der Waals surface area contributed by atoms with Gasteiger partial charge in [-0.15, -0.1) is 0 Å². The number of pyridine rings is 1. The van der Waals surface area contributed by atoms with Crippen LogP contribution < -0.4 is 10.6 Å². The van der Waals surface area contributed by atoms with Crippen molar-refractivity contribution in [3.05, 3.63) is 52.7 Å². The van der Waals surface area contributed by atoms with E-state index in [1.54, 1.807) is 7.11 Å². The molecule has 0 aliphatic carbocycles. The van der Waals surface area contributed by atoms with E-state index in [4.69, 9.17) is 14.5 Å². The van der Waals surface area contributed by atoms with Crippen molar-refractivity contribution in [1.29, 1.82) is 0 Å². The predicted octanol–water partition coefficient (Wildman–Crippen LogP) is 4.69. The van der Waals surface area contributed by atoms with E-state index in [9.17, 15) is 9.90 Å². The standard InChI is InChI=1S/C30H44N4O4/c1-4-22-10-8-13-26(27(22)32-21(2)20-37-3)28(30(35)36)34-18-25(19-34)38-17-7-5-6-12-24-15-14-23-11-9-16-31-29(23)33-24/h8,10,13-15,21,25,28,32H,4-7,9,11-12,16-20H2,1-3H3,(H,31,33)(H,35,36). The minimum atomic E-state index is -0.829. The monoisotopic (exact) mass is 524 g/mol. The van der Waals surface area contributed by atoms with Crippen molar-refractivity contribution in [1.82, 2.24) is 9.88 Å². The van der Waals surface area contributed by atoms with Gasteiger partial charge < -0.3 is 25.2 Å². The van der Waals surface area contributed by atoms with Gasteiger partial charge in [-0.2, -0.15) is 0 Å². The molecule has 1 aromatic heterocycles. The molecule has 208 valence electrons. The van der Waals surface area contributed by atoms with Gasteiger partial charge in [0.2, 0.25) is 0 Å². The molecule has 2 atom stereocenters. The number of unbranched alkanes of at least 4 members (excludes halogenated alkanes) is 2. The van der Waals surface area contributed by atoms with Gasteiger partial charge in [0.25, 0.3) is 0 Å². The number of anilines is 2. The van der Waals surface area contributed by atoms with Gasteiger partial charge in [-0.1, -0.05) is 37.6 Å². The van der Waals surface area contributed by atoms with Crippen molar-refractivity contribution < 1.29 is 19.4 Å². The number of rotatable bonds is 15. The lowest BCUT2D eigenvalue weighted by Gasteiger charge is -2.43. The van der Waals surface area contributed by atoms with Crippen molar-refractivity contribution in [3.8, 4) is 0 Å². The van der Waals surface area contributed by atoms with Gasteiger partial charge >= 0.3 is 5.97 Å². The van der Waals surface area contributed by atoms with Crippen LogP contribution in [0.25, 0.3) is 0 Å². The normalized spacial score (nSPS) is 17.2. The van der Waals surface area contributed by atoms with Crippen LogP contribution in [0.4, 0.5) is 11.5 Å². The van der Waals surface area contributed by atoms with E-state index in [1.807, 2.05) is 24.0 Å². The lowest BCUT2D eigenvalue weighted by atomic mass is 9.95. The minimum Gasteiger partial charge on any atom is -0.480 e. The van der Waals surface area contributed by atoms with Crippen molar-refractivity contribution in [2.24, 2.45) is 0 Å². The highest BCUT2D eigenvalue weighted by atomic mass is 16.5. The Morgan fingerprint density at radius 1 is 1.24 bits per heavy atom. The number of methoxy groups -OCH3 is 1. The van der Waals surface area contributed by atoms with Crippen molar-refractivity contribution in [2.75, 3.05) is 50.6 Å². The quantitative estimate of drug-likeness (QED) is 0.289. The number of fused-ring (bicyclic) bond motifs is 1. The number of para-hydroxylation sites is 1. The summed E-state index contributed by atoms with van der Waals surface area (Å²) in [5, 5.41) is 17.1. The first kappa shape index (κ1) is 28.3. The number of likely N-dealkylation sites (tertiary alicyclic amines) is 1. The first-order chi connectivity index (χ1) is 18.5. The van der Waals surface area contributed by atoms with Gasteiger partial charge in [0.15, 0.2) is 0 Å². The number of aryl methyl sites for hydroxylation is 3. The number of aromatic nitrogens is 1. The van der Waals surface area contributed by atoms with E-state index in [-0.39, 0.29) is 12.1 Å². The average molecular weight is 525 g/mol. The molecule has 0 bridgehead atoms. The summed E-state index contributed by atoms with van der Waals surface area (Å²) < 4.78 is 11.4. The zero-order chi connectivity index (χ0) is 26.9. The van der Waals surface area contributed by atoms with Crippen LogP contribution in [0.5, 0.6) is 0 Å². The molecule has 38 heavy (non-hydrogen) atoms. The minimum absolute atomic E-state index is 0.0769. The molecule has 2 aliphatic rings. The maximum Gasteiger partial charge on any atom is 0.325 e. The number of hydrogen-bond acceptors (Lipinski definition) is 7. The Kier molecular flexibility index (Phi) is 10.4. The molecule has 8 heteroatoms. The maximum atomic E-state index is 12.4. The molecule has 3 N–H and O–H groups in total. The SMILES string of the molecule is CCc1cccc(C(C(=O)O)N2CC(OCCCCCc3ccc4c(n3)NCCC4)C2)c1NC(C)COC. The highest BCUT2D eigenvalue weighted by Crippen LogP contribution is 2.35. The fourth-order valence-corrected chi connectivity index (χ4v) is 5.47. The highest BCUT2D eigenvalue weighted by molar-refractivity contribution is 5.79. The first-order valence-corrected chi connectivity index (χ1v) is 14.2. The third-order valence-corrected chi connectivity index (χ3v) is 7.52. The number of ether oxygens (including phenoxy) is 2. The van der Waals surface area contributed by atoms with Gasteiger partial charge in [-0.05, 0) is 62.6 Å². The summed E-state index contributed by atoms with van der Waals surface area (Å²) in [7, 11) is 1.68. The molecule has 1 saturated heterocycles. The Morgan fingerprint density at radius 3 is 2.84 bits per heavy atom. The molecule has 0 radical (unpaired) electrons. The molecule has 0 saturated carbocycles. The molecular formula is C30H44N4O4. The van der Waals surface area contributed by atoms with Gasteiger partial charge in [0.1, 0.15) is 11.9 Å². The molecule has 2 aliphatic heterocycles. The van der Waals surface area contributed by atoms with E-state index in [1.165, 1.54) is 12.0 Å². The molecule has 0 spiro atoms. The number of carbonyl (C=O) groups is 1. The fraction of sp³-hybridized carbons (Fsp3) is 0.600. The number of hydrogen-bond donors (Lipinski definition) is 3. The van der Waals surface area contributed by atoms with E-state index in [0.29, 0.717) is 26.3 Å². The summed E-state index contributed by atoms with van der Waals surface area (Å²) in [6, 6.07) is 9.72. The van der Waals surface area contributed by atoms with Crippen LogP contribution in [-0.4, -0.2) is 73.1 Å². The van der Waals surface area contributed by atoms with Gasteiger partial charge in [0, 0.05) is 56.3 Å². The molecule has 4 rings (SSSR count). The number of carboxylic acid groups (broad SMARTS) is 1. The molecule has 1 fully saturated rings. The van der Waals surface area contributed by atoms with E-state index in [2.05, 4.69) is 35.8 Å². The van der Waals surface area contributed by atoms with E-state index < -0.39 is 12.0 Å². The third-order valence-electron chi connectivity index (χ3n) is 7.52. The summed E-state index contributed by atoms with van der Waals surface area (Å²) in [4.78, 5) is 19.2. The van der Waals surface area contributed by atoms with Crippen LogP contribution in [0.15, 0.2) is 30.3 Å². The van der Waals surface area contributed by atoms with Gasteiger partial charge in [-0.3, -0.25) is 9.69 Å². The molecule has 3 heterocycles. The van der Waals surface area contributed by atoms with Crippen LogP contribution in [0.3, 0.4) is 0 Å². The second-order valence-corrected chi connectivity index (χ2v) is 10.6. The van der Waals surface area contributed by atoms with Crippen molar-refractivity contribution >= 4 is 17.5 Å². The number of aliphatic carboxylic acids is 1. The summed E-state index contributed by atoms with van der Waals surface area (Å²) in [5.74, 6) is 0.241. The third kappa shape index (κ3) is 7.24. The van der Waals surface area contributed by atoms with Crippen LogP contribution in [0, 0.1) is 0 Å². The maximum absolute atomic E-state index is 12.4. The molecular weight excluding hydrogens is 480 g/mol. The van der Waals surface area contributed by atoms with Crippen molar-refractivity contribution in [3.63, 3.8) is 0 Å². The Labute approximate surface area is 227 Å². The smallest absolute Gasteiger partial charge is 0.325 e. The Balaban J connectivity index is 1.22. The average Bonchev–Trinajstić information content (AvgIpc) is 2.89. The Bertz CT molecular complexity index is 1060. The topological polar surface area (TPSA) is 96.0 Å². The number of carboxylic acids is 1. The second kappa shape index (κ2) is 13.9. The Hall–Kier alpha value is -2.68. The Morgan fingerprint density at radius 2 is 2.08 bits per heavy atom. The zero-order valence-corrected chi connectivity index (χ0v) is 23.2. The van der Waals surface area contributed by atoms with E-state index in [0.717, 1.165) is 73.4 Å². The molecule has 1 aromatic carbocycles. The largest absolute Gasteiger partial charge is 0.480 e. The zero-order valence-electron chi connectivity index (χ0n) is 23.2. The van der Waals surface area contributed by atoms with Crippen LogP contribution in [0.1, 0.15) is 68.0 Å². The highest BCUT2D eigenvalue weighted by Gasteiger charge is 2.39. The number of benzene rings is 1. The molecule has 2 unspecified atom stereocenters. The van der Waals surface area contributed by atoms with Gasteiger partial charge in [0.05, 0.1) is 12.7 Å². The van der Waals surface area contributed by atoms with Gasteiger partial charge in [-0.25, -0.2) is 4.98 Å². The summed E-state index contributed by atoms with van der Waals surface area (Å²) in [6.45, 7) is 7.68.